The molecule has 20 heavy (non-hydrogen) atoms. The molecule has 0 bridgehead atoms. The number of carbonyl (C=O) groups is 2. The zero-order valence-electron chi connectivity index (χ0n) is 10.8. The van der Waals surface area contributed by atoms with Crippen LogP contribution in [0.25, 0.3) is 0 Å². The Hall–Kier alpha value is -1.79. The van der Waals surface area contributed by atoms with Crippen molar-refractivity contribution in [1.29, 1.82) is 0 Å². The fraction of sp³-hybridized carbons (Fsp3) is 0.385. The topological polar surface area (TPSA) is 87.1 Å². The fourth-order valence-corrected chi connectivity index (χ4v) is 1.73. The van der Waals surface area contributed by atoms with Crippen LogP contribution in [-0.2, 0) is 9.59 Å². The highest BCUT2D eigenvalue weighted by Gasteiger charge is 2.12. The third-order valence-electron chi connectivity index (χ3n) is 2.42. The predicted molar refractivity (Wildman–Crippen MR) is 73.3 cm³/mol. The van der Waals surface area contributed by atoms with E-state index in [0.717, 1.165) is 0 Å². The van der Waals surface area contributed by atoms with Gasteiger partial charge in [0.05, 0.1) is 19.7 Å². The van der Waals surface area contributed by atoms with Crippen molar-refractivity contribution in [2.45, 2.75) is 6.42 Å². The monoisotopic (exact) mass is 301 g/mol. The molecule has 1 aromatic rings. The SMILES string of the molecule is O=C(O)CN(CCCOc1ccc(Cl)cc1)CC(=O)O. The summed E-state index contributed by atoms with van der Waals surface area (Å²) < 4.78 is 5.44. The number of hydrogen-bond donors (Lipinski definition) is 2. The number of nitrogens with zero attached hydrogens (tertiary/aromatic N) is 1. The van der Waals surface area contributed by atoms with Gasteiger partial charge in [0.1, 0.15) is 5.75 Å². The predicted octanol–water partition coefficient (Wildman–Crippen LogP) is 1.58. The minimum atomic E-state index is -1.05. The van der Waals surface area contributed by atoms with E-state index in [9.17, 15) is 9.59 Å². The van der Waals surface area contributed by atoms with Crippen LogP contribution in [0.15, 0.2) is 24.3 Å². The molecule has 2 N–H and O–H groups in total. The highest BCUT2D eigenvalue weighted by Crippen LogP contribution is 2.15. The number of carboxylic acid groups (broad SMARTS) is 2. The number of carboxylic acids is 2. The molecule has 0 aliphatic carbocycles. The molecular formula is C13H16ClNO5. The quantitative estimate of drug-likeness (QED) is 0.673. The van der Waals surface area contributed by atoms with E-state index in [2.05, 4.69) is 0 Å². The molecule has 0 spiro atoms. The molecule has 0 fully saturated rings. The van der Waals surface area contributed by atoms with Gasteiger partial charge in [0.2, 0.25) is 0 Å². The summed E-state index contributed by atoms with van der Waals surface area (Å²) in [7, 11) is 0. The van der Waals surface area contributed by atoms with Crippen LogP contribution in [0.5, 0.6) is 5.75 Å². The van der Waals surface area contributed by atoms with Gasteiger partial charge >= 0.3 is 11.9 Å². The lowest BCUT2D eigenvalue weighted by Gasteiger charge is -2.17. The maximum atomic E-state index is 10.6. The summed E-state index contributed by atoms with van der Waals surface area (Å²) in [5.74, 6) is -1.44. The van der Waals surface area contributed by atoms with Gasteiger partial charge in [-0.05, 0) is 30.7 Å². The molecule has 1 rings (SSSR count). The Morgan fingerprint density at radius 1 is 1.10 bits per heavy atom. The lowest BCUT2D eigenvalue weighted by Crippen LogP contribution is -2.35. The Bertz CT molecular complexity index is 433. The molecule has 0 saturated heterocycles. The van der Waals surface area contributed by atoms with Crippen LogP contribution in [0.1, 0.15) is 6.42 Å². The molecule has 6 nitrogen and oxygen atoms in total. The van der Waals surface area contributed by atoms with Gasteiger partial charge in [-0.2, -0.15) is 0 Å². The van der Waals surface area contributed by atoms with E-state index in [-0.39, 0.29) is 13.1 Å². The number of rotatable bonds is 9. The average molecular weight is 302 g/mol. The van der Waals surface area contributed by atoms with E-state index in [0.29, 0.717) is 30.3 Å². The van der Waals surface area contributed by atoms with Crippen LogP contribution in [-0.4, -0.2) is 53.3 Å². The largest absolute Gasteiger partial charge is 0.494 e. The maximum absolute atomic E-state index is 10.6. The summed E-state index contributed by atoms with van der Waals surface area (Å²) in [6.07, 6.45) is 0.531. The lowest BCUT2D eigenvalue weighted by molar-refractivity contribution is -0.141. The van der Waals surface area contributed by atoms with E-state index < -0.39 is 11.9 Å². The van der Waals surface area contributed by atoms with Gasteiger partial charge in [-0.1, -0.05) is 11.6 Å². The molecule has 7 heteroatoms. The van der Waals surface area contributed by atoms with E-state index in [1.165, 1.54) is 4.90 Å². The molecule has 0 unspecified atom stereocenters. The number of halogens is 1. The van der Waals surface area contributed by atoms with Gasteiger partial charge in [-0.15, -0.1) is 0 Å². The van der Waals surface area contributed by atoms with Crippen LogP contribution in [0, 0.1) is 0 Å². The summed E-state index contributed by atoms with van der Waals surface area (Å²) in [6, 6.07) is 6.87. The molecule has 0 heterocycles. The van der Waals surface area contributed by atoms with Crippen LogP contribution in [0.4, 0.5) is 0 Å². The lowest BCUT2D eigenvalue weighted by atomic mass is 10.3. The third-order valence-corrected chi connectivity index (χ3v) is 2.67. The maximum Gasteiger partial charge on any atom is 0.317 e. The molecule has 0 aromatic heterocycles. The Labute approximate surface area is 121 Å². The Balaban J connectivity index is 2.30. The number of hydrogen-bond acceptors (Lipinski definition) is 4. The summed E-state index contributed by atoms with van der Waals surface area (Å²) in [4.78, 5) is 22.5. The summed E-state index contributed by atoms with van der Waals surface area (Å²) >= 11 is 5.74. The zero-order valence-corrected chi connectivity index (χ0v) is 11.5. The first-order valence-electron chi connectivity index (χ1n) is 6.01. The highest BCUT2D eigenvalue weighted by atomic mass is 35.5. The van der Waals surface area contributed by atoms with E-state index in [4.69, 9.17) is 26.6 Å². The molecule has 0 atom stereocenters. The third kappa shape index (κ3) is 6.96. The van der Waals surface area contributed by atoms with Crippen molar-refractivity contribution in [3.63, 3.8) is 0 Å². The van der Waals surface area contributed by atoms with Gasteiger partial charge < -0.3 is 14.9 Å². The van der Waals surface area contributed by atoms with Crippen LogP contribution >= 0.6 is 11.6 Å². The molecule has 1 aromatic carbocycles. The van der Waals surface area contributed by atoms with Crippen molar-refractivity contribution < 1.29 is 24.5 Å². The minimum absolute atomic E-state index is 0.298. The van der Waals surface area contributed by atoms with Crippen molar-refractivity contribution in [1.82, 2.24) is 4.90 Å². The molecule has 0 radical (unpaired) electrons. The van der Waals surface area contributed by atoms with Gasteiger partial charge in [0.15, 0.2) is 0 Å². The first kappa shape index (κ1) is 16.3. The van der Waals surface area contributed by atoms with Crippen LogP contribution in [0.3, 0.4) is 0 Å². The van der Waals surface area contributed by atoms with Crippen molar-refractivity contribution in [3.8, 4) is 5.75 Å². The second-order valence-electron chi connectivity index (χ2n) is 4.15. The summed E-state index contributed by atoms with van der Waals surface area (Å²) in [5.41, 5.74) is 0. The Morgan fingerprint density at radius 3 is 2.15 bits per heavy atom. The molecular weight excluding hydrogens is 286 g/mol. The molecule has 110 valence electrons. The first-order chi connectivity index (χ1) is 9.47. The Kier molecular flexibility index (Phi) is 6.83. The highest BCUT2D eigenvalue weighted by molar-refractivity contribution is 6.30. The molecule has 0 aliphatic rings. The normalized spacial score (nSPS) is 10.5. The van der Waals surface area contributed by atoms with Gasteiger partial charge in [-0.25, -0.2) is 0 Å². The van der Waals surface area contributed by atoms with Crippen molar-refractivity contribution >= 4 is 23.5 Å². The number of ether oxygens (including phenoxy) is 1. The molecule has 0 amide bonds. The number of benzene rings is 1. The van der Waals surface area contributed by atoms with E-state index in [1.54, 1.807) is 24.3 Å². The van der Waals surface area contributed by atoms with E-state index >= 15 is 0 Å². The smallest absolute Gasteiger partial charge is 0.317 e. The van der Waals surface area contributed by atoms with Crippen molar-refractivity contribution in [2.24, 2.45) is 0 Å². The fourth-order valence-electron chi connectivity index (χ4n) is 1.61. The number of aliphatic carboxylic acids is 2. The summed E-state index contributed by atoms with van der Waals surface area (Å²) in [6.45, 7) is 0.115. The van der Waals surface area contributed by atoms with E-state index in [1.807, 2.05) is 0 Å². The Morgan fingerprint density at radius 2 is 1.65 bits per heavy atom. The van der Waals surface area contributed by atoms with Gasteiger partial charge in [0, 0.05) is 11.6 Å². The van der Waals surface area contributed by atoms with Crippen molar-refractivity contribution in [3.05, 3.63) is 29.3 Å². The second-order valence-corrected chi connectivity index (χ2v) is 4.59. The van der Waals surface area contributed by atoms with Gasteiger partial charge in [-0.3, -0.25) is 14.5 Å². The zero-order chi connectivity index (χ0) is 15.0. The molecule has 0 saturated carbocycles. The average Bonchev–Trinajstić information content (AvgIpc) is 2.35. The first-order valence-corrected chi connectivity index (χ1v) is 6.39. The second kappa shape index (κ2) is 8.39. The standard InChI is InChI=1S/C13H16ClNO5/c14-10-2-4-11(5-3-10)20-7-1-6-15(8-12(16)17)9-13(18)19/h2-5H,1,6-9H2,(H,16,17)(H,18,19). The molecule has 0 aliphatic heterocycles. The minimum Gasteiger partial charge on any atom is -0.494 e. The summed E-state index contributed by atoms with van der Waals surface area (Å²) in [5, 5.41) is 18.0. The van der Waals surface area contributed by atoms with Crippen LogP contribution < -0.4 is 4.74 Å². The van der Waals surface area contributed by atoms with Crippen LogP contribution in [0.2, 0.25) is 5.02 Å². The van der Waals surface area contributed by atoms with Gasteiger partial charge in [0.25, 0.3) is 0 Å². The van der Waals surface area contributed by atoms with Crippen molar-refractivity contribution in [2.75, 3.05) is 26.2 Å².